The summed E-state index contributed by atoms with van der Waals surface area (Å²) in [6, 6.07) is -0.396. The van der Waals surface area contributed by atoms with Gasteiger partial charge in [-0.1, -0.05) is 0 Å². The maximum Gasteiger partial charge on any atom is 0.325 e. The Balaban J connectivity index is 2.09. The number of rotatable bonds is 4. The number of imide groups is 1. The minimum Gasteiger partial charge on any atom is -0.369 e. The molecule has 7 nitrogen and oxygen atoms in total. The standard InChI is InChI=1S/C12H17N5O2/c1-4-13-9-6-14-8(5-15-9)7-17-10(18)12(2,3)16-11(17)19/h5-6H,4,7H2,1-3H3,(H,13,15)(H,16,19). The van der Waals surface area contributed by atoms with Gasteiger partial charge >= 0.3 is 6.03 Å². The third-order valence-corrected chi connectivity index (χ3v) is 2.83. The van der Waals surface area contributed by atoms with Crippen LogP contribution in [-0.2, 0) is 11.3 Å². The number of carbonyl (C=O) groups is 2. The number of hydrogen-bond donors (Lipinski definition) is 2. The second-order valence-corrected chi connectivity index (χ2v) is 4.87. The number of anilines is 1. The van der Waals surface area contributed by atoms with Gasteiger partial charge in [-0.15, -0.1) is 0 Å². The Morgan fingerprint density at radius 1 is 1.32 bits per heavy atom. The van der Waals surface area contributed by atoms with Crippen LogP contribution in [0.2, 0.25) is 0 Å². The van der Waals surface area contributed by atoms with Crippen molar-refractivity contribution < 1.29 is 9.59 Å². The Morgan fingerprint density at radius 2 is 2.05 bits per heavy atom. The minimum absolute atomic E-state index is 0.132. The first kappa shape index (κ1) is 13.3. The van der Waals surface area contributed by atoms with Crippen LogP contribution < -0.4 is 10.6 Å². The number of nitrogens with zero attached hydrogens (tertiary/aromatic N) is 3. The maximum absolute atomic E-state index is 12.0. The van der Waals surface area contributed by atoms with Crippen LogP contribution in [0.15, 0.2) is 12.4 Å². The van der Waals surface area contributed by atoms with E-state index in [1.807, 2.05) is 6.92 Å². The van der Waals surface area contributed by atoms with Gasteiger partial charge in [-0.05, 0) is 20.8 Å². The summed E-state index contributed by atoms with van der Waals surface area (Å²) in [6.45, 7) is 6.20. The first-order valence-electron chi connectivity index (χ1n) is 6.13. The van der Waals surface area contributed by atoms with E-state index in [0.717, 1.165) is 11.4 Å². The fourth-order valence-corrected chi connectivity index (χ4v) is 1.83. The van der Waals surface area contributed by atoms with Gasteiger partial charge in [-0.25, -0.2) is 9.78 Å². The molecule has 3 amide bonds. The van der Waals surface area contributed by atoms with Gasteiger partial charge in [0.15, 0.2) is 0 Å². The van der Waals surface area contributed by atoms with Crippen molar-refractivity contribution in [2.45, 2.75) is 32.9 Å². The molecule has 0 spiro atoms. The van der Waals surface area contributed by atoms with Crippen LogP contribution in [0.4, 0.5) is 10.6 Å². The fraction of sp³-hybridized carbons (Fsp3) is 0.500. The molecule has 2 rings (SSSR count). The number of hydrogen-bond acceptors (Lipinski definition) is 5. The van der Waals surface area contributed by atoms with Gasteiger partial charge in [0.2, 0.25) is 0 Å². The van der Waals surface area contributed by atoms with E-state index in [0.29, 0.717) is 11.5 Å². The number of amides is 3. The lowest BCUT2D eigenvalue weighted by atomic mass is 10.1. The second kappa shape index (κ2) is 4.83. The predicted octanol–water partition coefficient (Wildman–Crippen LogP) is 0.739. The Morgan fingerprint density at radius 3 is 2.53 bits per heavy atom. The first-order chi connectivity index (χ1) is 8.94. The summed E-state index contributed by atoms with van der Waals surface area (Å²) >= 11 is 0. The van der Waals surface area contributed by atoms with Crippen molar-refractivity contribution in [3.63, 3.8) is 0 Å². The summed E-state index contributed by atoms with van der Waals surface area (Å²) in [5, 5.41) is 5.65. The van der Waals surface area contributed by atoms with Gasteiger partial charge in [-0.3, -0.25) is 14.7 Å². The molecular weight excluding hydrogens is 246 g/mol. The SMILES string of the molecule is CCNc1cnc(CN2C(=O)NC(C)(C)C2=O)cn1. The Labute approximate surface area is 111 Å². The molecule has 7 heteroatoms. The first-order valence-corrected chi connectivity index (χ1v) is 6.13. The summed E-state index contributed by atoms with van der Waals surface area (Å²) in [6.07, 6.45) is 3.15. The van der Waals surface area contributed by atoms with Crippen LogP contribution in [0.3, 0.4) is 0 Å². The predicted molar refractivity (Wildman–Crippen MR) is 69.4 cm³/mol. The molecule has 0 saturated carbocycles. The Hall–Kier alpha value is -2.18. The smallest absolute Gasteiger partial charge is 0.325 e. The molecule has 1 aliphatic rings. The third-order valence-electron chi connectivity index (χ3n) is 2.83. The van der Waals surface area contributed by atoms with Crippen molar-refractivity contribution in [3.05, 3.63) is 18.1 Å². The van der Waals surface area contributed by atoms with Crippen molar-refractivity contribution >= 4 is 17.8 Å². The van der Waals surface area contributed by atoms with Crippen LogP contribution in [0.1, 0.15) is 26.5 Å². The van der Waals surface area contributed by atoms with Gasteiger partial charge in [-0.2, -0.15) is 0 Å². The zero-order chi connectivity index (χ0) is 14.0. The lowest BCUT2D eigenvalue weighted by Crippen LogP contribution is -2.40. The van der Waals surface area contributed by atoms with Gasteiger partial charge in [0, 0.05) is 6.54 Å². The van der Waals surface area contributed by atoms with Crippen molar-refractivity contribution in [1.29, 1.82) is 0 Å². The van der Waals surface area contributed by atoms with Crippen LogP contribution >= 0.6 is 0 Å². The van der Waals surface area contributed by atoms with Gasteiger partial charge in [0.1, 0.15) is 11.4 Å². The largest absolute Gasteiger partial charge is 0.369 e. The molecule has 2 heterocycles. The fourth-order valence-electron chi connectivity index (χ4n) is 1.83. The summed E-state index contributed by atoms with van der Waals surface area (Å²) < 4.78 is 0. The number of nitrogens with one attached hydrogen (secondary N) is 2. The average molecular weight is 263 g/mol. The van der Waals surface area contributed by atoms with E-state index in [2.05, 4.69) is 20.6 Å². The Kier molecular flexibility index (Phi) is 3.37. The molecule has 0 bridgehead atoms. The zero-order valence-corrected chi connectivity index (χ0v) is 11.2. The van der Waals surface area contributed by atoms with E-state index in [1.54, 1.807) is 26.2 Å². The molecule has 1 aromatic heterocycles. The minimum atomic E-state index is -0.853. The molecule has 0 atom stereocenters. The van der Waals surface area contributed by atoms with Crippen LogP contribution in [0.5, 0.6) is 0 Å². The molecule has 1 saturated heterocycles. The summed E-state index contributed by atoms with van der Waals surface area (Å²) in [5.41, 5.74) is -0.281. The lowest BCUT2D eigenvalue weighted by molar-refractivity contribution is -0.130. The zero-order valence-electron chi connectivity index (χ0n) is 11.2. The normalized spacial score (nSPS) is 17.5. The van der Waals surface area contributed by atoms with E-state index >= 15 is 0 Å². The second-order valence-electron chi connectivity index (χ2n) is 4.87. The molecule has 1 aromatic rings. The van der Waals surface area contributed by atoms with Crippen molar-refractivity contribution in [1.82, 2.24) is 20.2 Å². The average Bonchev–Trinajstić information content (AvgIpc) is 2.54. The highest BCUT2D eigenvalue weighted by Gasteiger charge is 2.44. The quantitative estimate of drug-likeness (QED) is 0.782. The van der Waals surface area contributed by atoms with Crippen LogP contribution in [0, 0.1) is 0 Å². The molecule has 19 heavy (non-hydrogen) atoms. The van der Waals surface area contributed by atoms with Crippen molar-refractivity contribution in [2.75, 3.05) is 11.9 Å². The Bertz CT molecular complexity index is 497. The highest BCUT2D eigenvalue weighted by atomic mass is 16.2. The number of aromatic nitrogens is 2. The van der Waals surface area contributed by atoms with E-state index in [1.165, 1.54) is 0 Å². The number of carbonyl (C=O) groups excluding carboxylic acids is 2. The number of urea groups is 1. The molecule has 0 aromatic carbocycles. The molecule has 1 fully saturated rings. The highest BCUT2D eigenvalue weighted by molar-refractivity contribution is 6.06. The van der Waals surface area contributed by atoms with Crippen molar-refractivity contribution in [2.24, 2.45) is 0 Å². The molecule has 1 aliphatic heterocycles. The molecule has 0 unspecified atom stereocenters. The molecule has 0 radical (unpaired) electrons. The van der Waals surface area contributed by atoms with Crippen LogP contribution in [0.25, 0.3) is 0 Å². The van der Waals surface area contributed by atoms with E-state index in [9.17, 15) is 9.59 Å². The molecule has 2 N–H and O–H groups in total. The van der Waals surface area contributed by atoms with E-state index < -0.39 is 11.6 Å². The van der Waals surface area contributed by atoms with E-state index in [-0.39, 0.29) is 12.5 Å². The summed E-state index contributed by atoms with van der Waals surface area (Å²) in [5.74, 6) is 0.416. The molecule has 102 valence electrons. The monoisotopic (exact) mass is 263 g/mol. The van der Waals surface area contributed by atoms with E-state index in [4.69, 9.17) is 0 Å². The molecule has 0 aliphatic carbocycles. The third kappa shape index (κ3) is 2.64. The van der Waals surface area contributed by atoms with Gasteiger partial charge in [0.05, 0.1) is 24.6 Å². The van der Waals surface area contributed by atoms with Gasteiger partial charge in [0.25, 0.3) is 5.91 Å². The van der Waals surface area contributed by atoms with Crippen molar-refractivity contribution in [3.8, 4) is 0 Å². The van der Waals surface area contributed by atoms with Crippen LogP contribution in [-0.4, -0.2) is 38.9 Å². The summed E-state index contributed by atoms with van der Waals surface area (Å²) in [4.78, 5) is 33.2. The maximum atomic E-state index is 12.0. The highest BCUT2D eigenvalue weighted by Crippen LogP contribution is 2.18. The van der Waals surface area contributed by atoms with Gasteiger partial charge < -0.3 is 10.6 Å². The topological polar surface area (TPSA) is 87.2 Å². The summed E-state index contributed by atoms with van der Waals surface area (Å²) in [7, 11) is 0. The lowest BCUT2D eigenvalue weighted by Gasteiger charge is -2.15. The molecular formula is C12H17N5O2.